The molecule has 1 N–H and O–H groups in total. The Kier molecular flexibility index (Phi) is 3.31. The minimum absolute atomic E-state index is 0.146. The fourth-order valence-corrected chi connectivity index (χ4v) is 3.11. The van der Waals surface area contributed by atoms with Crippen LogP contribution in [0.1, 0.15) is 15.2 Å². The number of nitrogens with zero attached hydrogens (tertiary/aromatic N) is 3. The zero-order valence-corrected chi connectivity index (χ0v) is 12.1. The number of thiophene rings is 1. The van der Waals surface area contributed by atoms with E-state index in [1.54, 1.807) is 40.6 Å². The summed E-state index contributed by atoms with van der Waals surface area (Å²) in [5, 5.41) is 8.97. The zero-order valence-electron chi connectivity index (χ0n) is 9.71. The van der Waals surface area contributed by atoms with E-state index in [0.29, 0.717) is 17.6 Å². The Balaban J connectivity index is 1.77. The van der Waals surface area contributed by atoms with Gasteiger partial charge in [-0.1, -0.05) is 0 Å². The van der Waals surface area contributed by atoms with Gasteiger partial charge in [-0.05, 0) is 22.0 Å². The van der Waals surface area contributed by atoms with Crippen LogP contribution < -0.4 is 5.32 Å². The largest absolute Gasteiger partial charge is 0.347 e. The van der Waals surface area contributed by atoms with Crippen molar-refractivity contribution >= 4 is 38.7 Å². The summed E-state index contributed by atoms with van der Waals surface area (Å²) in [5.41, 5.74) is 1.23. The lowest BCUT2D eigenvalue weighted by atomic mass is 10.3. The molecule has 96 valence electrons. The van der Waals surface area contributed by atoms with Crippen LogP contribution in [0.4, 0.5) is 0 Å². The van der Waals surface area contributed by atoms with Crippen molar-refractivity contribution in [3.63, 3.8) is 0 Å². The first-order chi connectivity index (χ1) is 9.24. The molecule has 0 aliphatic rings. The monoisotopic (exact) mass is 336 g/mol. The van der Waals surface area contributed by atoms with Gasteiger partial charge in [0, 0.05) is 27.1 Å². The normalized spacial score (nSPS) is 10.8. The summed E-state index contributed by atoms with van der Waals surface area (Å²) in [6.07, 6.45) is 6.52. The lowest BCUT2D eigenvalue weighted by molar-refractivity contribution is 0.0953. The van der Waals surface area contributed by atoms with Crippen LogP contribution in [0.2, 0.25) is 0 Å². The van der Waals surface area contributed by atoms with Crippen molar-refractivity contribution < 1.29 is 4.79 Å². The highest BCUT2D eigenvalue weighted by Gasteiger charge is 2.12. The Morgan fingerprint density at radius 1 is 1.47 bits per heavy atom. The maximum absolute atomic E-state index is 12.1. The summed E-state index contributed by atoms with van der Waals surface area (Å²) in [7, 11) is 0. The first-order valence-corrected chi connectivity index (χ1v) is 7.20. The first kappa shape index (κ1) is 12.3. The standard InChI is InChI=1S/C12H9BrN4OS/c13-8-3-9(19-7-8)4-15-12(18)10-5-16-17-2-1-14-6-11(10)17/h1-3,5-7H,4H2,(H,15,18). The minimum Gasteiger partial charge on any atom is -0.347 e. The van der Waals surface area contributed by atoms with E-state index in [0.717, 1.165) is 9.35 Å². The average molecular weight is 337 g/mol. The van der Waals surface area contributed by atoms with Crippen LogP contribution in [0.3, 0.4) is 0 Å². The number of hydrogen-bond donors (Lipinski definition) is 1. The van der Waals surface area contributed by atoms with Gasteiger partial charge in [-0.15, -0.1) is 11.3 Å². The van der Waals surface area contributed by atoms with Gasteiger partial charge in [0.2, 0.25) is 0 Å². The Bertz CT molecular complexity index is 736. The molecule has 7 heteroatoms. The molecule has 3 rings (SSSR count). The molecular formula is C12H9BrN4OS. The number of halogens is 1. The summed E-state index contributed by atoms with van der Waals surface area (Å²) in [6.45, 7) is 0.507. The summed E-state index contributed by atoms with van der Waals surface area (Å²) in [6, 6.07) is 1.99. The molecule has 0 saturated heterocycles. The maximum Gasteiger partial charge on any atom is 0.255 e. The van der Waals surface area contributed by atoms with E-state index in [4.69, 9.17) is 0 Å². The van der Waals surface area contributed by atoms with Crippen molar-refractivity contribution in [3.05, 3.63) is 51.1 Å². The van der Waals surface area contributed by atoms with Crippen LogP contribution in [0.15, 0.2) is 40.7 Å². The van der Waals surface area contributed by atoms with E-state index >= 15 is 0 Å². The van der Waals surface area contributed by atoms with Gasteiger partial charge in [0.05, 0.1) is 30.0 Å². The molecule has 0 aliphatic heterocycles. The number of fused-ring (bicyclic) bond motifs is 1. The highest BCUT2D eigenvalue weighted by molar-refractivity contribution is 9.10. The number of aromatic nitrogens is 3. The predicted molar refractivity (Wildman–Crippen MR) is 76.2 cm³/mol. The SMILES string of the molecule is O=C(NCc1cc(Br)cs1)c1cnn2ccncc12. The fourth-order valence-electron chi connectivity index (χ4n) is 1.72. The second kappa shape index (κ2) is 5.10. The number of nitrogens with one attached hydrogen (secondary N) is 1. The van der Waals surface area contributed by atoms with Gasteiger partial charge in [-0.25, -0.2) is 4.52 Å². The van der Waals surface area contributed by atoms with Crippen LogP contribution in [-0.4, -0.2) is 20.5 Å². The molecule has 0 aliphatic carbocycles. The topological polar surface area (TPSA) is 59.3 Å². The minimum atomic E-state index is -0.146. The third-order valence-corrected chi connectivity index (χ3v) is 4.31. The van der Waals surface area contributed by atoms with E-state index in [1.807, 2.05) is 11.4 Å². The maximum atomic E-state index is 12.1. The molecule has 0 unspecified atom stereocenters. The van der Waals surface area contributed by atoms with Gasteiger partial charge >= 0.3 is 0 Å². The molecule has 0 radical (unpaired) electrons. The van der Waals surface area contributed by atoms with Crippen molar-refractivity contribution in [1.29, 1.82) is 0 Å². The van der Waals surface area contributed by atoms with Crippen molar-refractivity contribution in [3.8, 4) is 0 Å². The van der Waals surface area contributed by atoms with Gasteiger partial charge in [0.1, 0.15) is 0 Å². The van der Waals surface area contributed by atoms with Gasteiger partial charge < -0.3 is 5.32 Å². The number of carbonyl (C=O) groups is 1. The fraction of sp³-hybridized carbons (Fsp3) is 0.0833. The molecule has 3 aromatic rings. The number of carbonyl (C=O) groups excluding carboxylic acids is 1. The molecule has 3 heterocycles. The van der Waals surface area contributed by atoms with E-state index in [1.165, 1.54) is 0 Å². The summed E-state index contributed by atoms with van der Waals surface area (Å²) in [5.74, 6) is -0.146. The molecule has 0 fully saturated rings. The Hall–Kier alpha value is -1.73. The molecule has 19 heavy (non-hydrogen) atoms. The summed E-state index contributed by atoms with van der Waals surface area (Å²) < 4.78 is 2.66. The summed E-state index contributed by atoms with van der Waals surface area (Å²) >= 11 is 4.98. The van der Waals surface area contributed by atoms with E-state index in [9.17, 15) is 4.79 Å². The number of amides is 1. The van der Waals surface area contributed by atoms with Gasteiger partial charge in [0.15, 0.2) is 0 Å². The van der Waals surface area contributed by atoms with Crippen molar-refractivity contribution in [2.45, 2.75) is 6.54 Å². The highest BCUT2D eigenvalue weighted by Crippen LogP contribution is 2.19. The zero-order chi connectivity index (χ0) is 13.2. The van der Waals surface area contributed by atoms with Crippen molar-refractivity contribution in [2.75, 3.05) is 0 Å². The van der Waals surface area contributed by atoms with Crippen molar-refractivity contribution in [2.24, 2.45) is 0 Å². The molecule has 0 spiro atoms. The third-order valence-electron chi connectivity index (χ3n) is 2.61. The lowest BCUT2D eigenvalue weighted by Crippen LogP contribution is -2.22. The van der Waals surface area contributed by atoms with E-state index < -0.39 is 0 Å². The molecular weight excluding hydrogens is 328 g/mol. The molecule has 5 nitrogen and oxygen atoms in total. The Morgan fingerprint density at radius 3 is 3.16 bits per heavy atom. The molecule has 0 saturated carbocycles. The Morgan fingerprint density at radius 2 is 2.37 bits per heavy atom. The average Bonchev–Trinajstić information content (AvgIpc) is 3.02. The van der Waals surface area contributed by atoms with Crippen LogP contribution >= 0.6 is 27.3 Å². The van der Waals surface area contributed by atoms with Gasteiger partial charge in [-0.2, -0.15) is 5.10 Å². The Labute approximate surface area is 121 Å². The van der Waals surface area contributed by atoms with Crippen LogP contribution in [0, 0.1) is 0 Å². The van der Waals surface area contributed by atoms with Crippen LogP contribution in [-0.2, 0) is 6.54 Å². The van der Waals surface area contributed by atoms with E-state index in [-0.39, 0.29) is 5.91 Å². The van der Waals surface area contributed by atoms with Crippen molar-refractivity contribution in [1.82, 2.24) is 19.9 Å². The number of hydrogen-bond acceptors (Lipinski definition) is 4. The molecule has 1 amide bonds. The number of rotatable bonds is 3. The molecule has 0 aromatic carbocycles. The van der Waals surface area contributed by atoms with Gasteiger partial charge in [-0.3, -0.25) is 9.78 Å². The van der Waals surface area contributed by atoms with E-state index in [2.05, 4.69) is 31.3 Å². The van der Waals surface area contributed by atoms with Crippen LogP contribution in [0.5, 0.6) is 0 Å². The first-order valence-electron chi connectivity index (χ1n) is 5.52. The lowest BCUT2D eigenvalue weighted by Gasteiger charge is -2.01. The smallest absolute Gasteiger partial charge is 0.255 e. The molecule has 0 bridgehead atoms. The quantitative estimate of drug-likeness (QED) is 0.799. The highest BCUT2D eigenvalue weighted by atomic mass is 79.9. The van der Waals surface area contributed by atoms with Gasteiger partial charge in [0.25, 0.3) is 5.91 Å². The second-order valence-corrected chi connectivity index (χ2v) is 5.79. The second-order valence-electron chi connectivity index (χ2n) is 3.88. The third kappa shape index (κ3) is 2.52. The molecule has 3 aromatic heterocycles. The van der Waals surface area contributed by atoms with Crippen LogP contribution in [0.25, 0.3) is 5.52 Å². The summed E-state index contributed by atoms with van der Waals surface area (Å²) in [4.78, 5) is 17.2. The predicted octanol–water partition coefficient (Wildman–Crippen LogP) is 2.48. The molecule has 0 atom stereocenters.